The van der Waals surface area contributed by atoms with E-state index in [9.17, 15) is 5.11 Å². The van der Waals surface area contributed by atoms with Gasteiger partial charge in [0.1, 0.15) is 0 Å². The van der Waals surface area contributed by atoms with E-state index in [1.54, 1.807) is 14.2 Å². The number of rotatable bonds is 11. The first-order valence-electron chi connectivity index (χ1n) is 10.6. The average molecular weight is 550 g/mol. The summed E-state index contributed by atoms with van der Waals surface area (Å²) in [6.45, 7) is 5.69. The van der Waals surface area contributed by atoms with Gasteiger partial charge in [0.25, 0.3) is 0 Å². The van der Waals surface area contributed by atoms with Crippen LogP contribution in [0.15, 0.2) is 23.2 Å². The number of hydrogen-bond donors (Lipinski definition) is 3. The van der Waals surface area contributed by atoms with Crippen molar-refractivity contribution in [3.8, 4) is 11.5 Å². The highest BCUT2D eigenvalue weighted by Gasteiger charge is 2.34. The van der Waals surface area contributed by atoms with Crippen LogP contribution in [0.1, 0.15) is 31.4 Å². The molecule has 0 spiro atoms. The number of aliphatic imine (C=N–C) groups is 1. The van der Waals surface area contributed by atoms with Gasteiger partial charge in [0.15, 0.2) is 17.5 Å². The van der Waals surface area contributed by atoms with E-state index in [-0.39, 0.29) is 42.0 Å². The number of guanidine groups is 1. The van der Waals surface area contributed by atoms with Crippen LogP contribution >= 0.6 is 24.0 Å². The van der Waals surface area contributed by atoms with E-state index in [1.165, 1.54) is 0 Å². The molecule has 9 heteroatoms. The first kappa shape index (κ1) is 27.7. The minimum atomic E-state index is -0.0681. The molecule has 1 aliphatic heterocycles. The monoisotopic (exact) mass is 550 g/mol. The Labute approximate surface area is 203 Å². The van der Waals surface area contributed by atoms with E-state index in [2.05, 4.69) is 42.6 Å². The molecule has 2 rings (SSSR count). The predicted octanol–water partition coefficient (Wildman–Crippen LogP) is 2.27. The molecule has 2 unspecified atom stereocenters. The average Bonchev–Trinajstić information content (AvgIpc) is 3.20. The Bertz CT molecular complexity index is 681. The third kappa shape index (κ3) is 7.96. The van der Waals surface area contributed by atoms with Crippen LogP contribution in [0.3, 0.4) is 0 Å². The molecule has 8 nitrogen and oxygen atoms in total. The van der Waals surface area contributed by atoms with Gasteiger partial charge in [-0.05, 0) is 51.6 Å². The molecule has 0 radical (unpaired) electrons. The fourth-order valence-electron chi connectivity index (χ4n) is 3.73. The summed E-state index contributed by atoms with van der Waals surface area (Å²) < 4.78 is 16.4. The Morgan fingerprint density at radius 2 is 2.00 bits per heavy atom. The summed E-state index contributed by atoms with van der Waals surface area (Å²) in [6, 6.07) is 6.13. The maximum absolute atomic E-state index is 9.44. The van der Waals surface area contributed by atoms with Crippen LogP contribution < -0.4 is 20.1 Å². The molecule has 0 aromatic heterocycles. The van der Waals surface area contributed by atoms with Crippen molar-refractivity contribution in [2.24, 2.45) is 10.4 Å². The number of hydrogen-bond acceptors (Lipinski definition) is 6. The van der Waals surface area contributed by atoms with Crippen molar-refractivity contribution in [3.63, 3.8) is 0 Å². The highest BCUT2D eigenvalue weighted by Crippen LogP contribution is 2.33. The zero-order chi connectivity index (χ0) is 22.0. The number of aliphatic hydroxyl groups excluding tert-OH is 1. The van der Waals surface area contributed by atoms with Crippen molar-refractivity contribution in [1.82, 2.24) is 15.5 Å². The van der Waals surface area contributed by atoms with Crippen LogP contribution in [0.25, 0.3) is 0 Å². The smallest absolute Gasteiger partial charge is 0.191 e. The lowest BCUT2D eigenvalue weighted by Gasteiger charge is -2.28. The normalized spacial score (nSPS) is 19.6. The number of aliphatic hydroxyl groups is 1. The van der Waals surface area contributed by atoms with E-state index in [1.807, 2.05) is 12.1 Å². The highest BCUT2D eigenvalue weighted by molar-refractivity contribution is 14.0. The fourth-order valence-corrected chi connectivity index (χ4v) is 3.73. The van der Waals surface area contributed by atoms with Crippen LogP contribution in [0.5, 0.6) is 11.5 Å². The topological polar surface area (TPSA) is 87.6 Å². The van der Waals surface area contributed by atoms with E-state index >= 15 is 0 Å². The van der Waals surface area contributed by atoms with Crippen LogP contribution in [-0.4, -0.2) is 83.7 Å². The molecule has 1 aliphatic rings. The number of methoxy groups -OCH3 is 2. The van der Waals surface area contributed by atoms with Gasteiger partial charge in [-0.1, -0.05) is 6.07 Å². The molecular formula is C22H39IN4O4. The number of nitrogens with zero attached hydrogens (tertiary/aromatic N) is 2. The molecule has 0 bridgehead atoms. The molecule has 1 saturated heterocycles. The third-order valence-corrected chi connectivity index (χ3v) is 5.62. The SMILES string of the molecule is CCNC(=NCC1(CCO)CCOC1)NCC(c1ccc(OC)c(OC)c1)N(C)C.I. The molecule has 2 atom stereocenters. The maximum atomic E-state index is 9.44. The van der Waals surface area contributed by atoms with Crippen LogP contribution in [-0.2, 0) is 4.74 Å². The Morgan fingerprint density at radius 3 is 2.55 bits per heavy atom. The molecule has 0 amide bonds. The first-order chi connectivity index (χ1) is 14.5. The molecule has 1 aromatic rings. The standard InChI is InChI=1S/C22H38N4O4.HI/c1-6-23-21(25-15-22(9-11-27)10-12-30-16-22)24-14-18(26(2)3)17-7-8-19(28-4)20(13-17)29-5;/h7-8,13,18,27H,6,9-12,14-16H2,1-5H3,(H2,23,24,25);1H. The summed E-state index contributed by atoms with van der Waals surface area (Å²) in [5.74, 6) is 2.21. The summed E-state index contributed by atoms with van der Waals surface area (Å²) in [7, 11) is 7.40. The lowest BCUT2D eigenvalue weighted by Crippen LogP contribution is -2.42. The van der Waals surface area contributed by atoms with Gasteiger partial charge >= 0.3 is 0 Å². The molecule has 0 saturated carbocycles. The van der Waals surface area contributed by atoms with Gasteiger partial charge in [0.2, 0.25) is 0 Å². The van der Waals surface area contributed by atoms with Crippen molar-refractivity contribution < 1.29 is 19.3 Å². The molecule has 3 N–H and O–H groups in total. The van der Waals surface area contributed by atoms with Crippen molar-refractivity contribution in [1.29, 1.82) is 0 Å². The quantitative estimate of drug-likeness (QED) is 0.222. The Kier molecular flexibility index (Phi) is 12.5. The lowest BCUT2D eigenvalue weighted by atomic mass is 9.84. The minimum Gasteiger partial charge on any atom is -0.493 e. The molecule has 1 aromatic carbocycles. The zero-order valence-electron chi connectivity index (χ0n) is 19.4. The summed E-state index contributed by atoms with van der Waals surface area (Å²) in [5, 5.41) is 16.2. The molecule has 178 valence electrons. The fraction of sp³-hybridized carbons (Fsp3) is 0.682. The summed E-state index contributed by atoms with van der Waals surface area (Å²) in [4.78, 5) is 6.98. The van der Waals surface area contributed by atoms with Gasteiger partial charge < -0.3 is 34.9 Å². The van der Waals surface area contributed by atoms with Gasteiger partial charge in [-0.25, -0.2) is 0 Å². The second-order valence-corrected chi connectivity index (χ2v) is 7.95. The molecule has 0 aliphatic carbocycles. The van der Waals surface area contributed by atoms with Gasteiger partial charge in [0.05, 0.1) is 33.4 Å². The number of halogens is 1. The lowest BCUT2D eigenvalue weighted by molar-refractivity contribution is 0.131. The van der Waals surface area contributed by atoms with Crippen LogP contribution in [0, 0.1) is 5.41 Å². The largest absolute Gasteiger partial charge is 0.493 e. The molecule has 31 heavy (non-hydrogen) atoms. The summed E-state index contributed by atoms with van der Waals surface area (Å²) >= 11 is 0. The van der Waals surface area contributed by atoms with E-state index in [0.717, 1.165) is 42.6 Å². The highest BCUT2D eigenvalue weighted by atomic mass is 127. The number of likely N-dealkylation sites (N-methyl/N-ethyl adjacent to an activating group) is 1. The Morgan fingerprint density at radius 1 is 1.26 bits per heavy atom. The van der Waals surface area contributed by atoms with Crippen LogP contribution in [0.2, 0.25) is 0 Å². The van der Waals surface area contributed by atoms with Crippen molar-refractivity contribution in [2.45, 2.75) is 25.8 Å². The van der Waals surface area contributed by atoms with Gasteiger partial charge in [0, 0.05) is 31.7 Å². The summed E-state index contributed by atoms with van der Waals surface area (Å²) in [6.07, 6.45) is 1.64. The van der Waals surface area contributed by atoms with Crippen molar-refractivity contribution in [2.75, 3.05) is 67.8 Å². The van der Waals surface area contributed by atoms with E-state index in [0.29, 0.717) is 26.1 Å². The first-order valence-corrected chi connectivity index (χ1v) is 10.6. The molecule has 1 fully saturated rings. The molecule has 1 heterocycles. The summed E-state index contributed by atoms with van der Waals surface area (Å²) in [5.41, 5.74) is 1.06. The van der Waals surface area contributed by atoms with E-state index < -0.39 is 0 Å². The van der Waals surface area contributed by atoms with Crippen molar-refractivity contribution >= 4 is 29.9 Å². The van der Waals surface area contributed by atoms with Crippen molar-refractivity contribution in [3.05, 3.63) is 23.8 Å². The number of benzene rings is 1. The van der Waals surface area contributed by atoms with Crippen LogP contribution in [0.4, 0.5) is 0 Å². The minimum absolute atomic E-state index is 0. The van der Waals surface area contributed by atoms with Gasteiger partial charge in [-0.2, -0.15) is 0 Å². The Hall–Kier alpha value is -1.30. The number of ether oxygens (including phenoxy) is 3. The molecular weight excluding hydrogens is 511 g/mol. The van der Waals surface area contributed by atoms with E-state index in [4.69, 9.17) is 19.2 Å². The number of nitrogens with one attached hydrogen (secondary N) is 2. The van der Waals surface area contributed by atoms with Gasteiger partial charge in [-0.3, -0.25) is 4.99 Å². The second kappa shape index (κ2) is 14.0. The second-order valence-electron chi connectivity index (χ2n) is 7.95. The third-order valence-electron chi connectivity index (χ3n) is 5.62. The van der Waals surface area contributed by atoms with Gasteiger partial charge in [-0.15, -0.1) is 24.0 Å². The Balaban J connectivity index is 0.00000480. The zero-order valence-corrected chi connectivity index (χ0v) is 21.8. The predicted molar refractivity (Wildman–Crippen MR) is 135 cm³/mol. The maximum Gasteiger partial charge on any atom is 0.191 e.